The highest BCUT2D eigenvalue weighted by Crippen LogP contribution is 2.40. The largest absolute Gasteiger partial charge is 0.278 e. The maximum atomic E-state index is 12.8. The zero-order valence-corrected chi connectivity index (χ0v) is 14.6. The summed E-state index contributed by atoms with van der Waals surface area (Å²) < 4.78 is 27.0. The van der Waals surface area contributed by atoms with Gasteiger partial charge in [0.1, 0.15) is 4.91 Å². The molecule has 1 aliphatic heterocycles. The molecule has 0 unspecified atom stereocenters. The number of sulfonamides is 1. The number of nitrogens with one attached hydrogen (secondary N) is 1. The zero-order valence-electron chi connectivity index (χ0n) is 13.0. The van der Waals surface area contributed by atoms with Crippen molar-refractivity contribution in [2.75, 3.05) is 16.3 Å². The van der Waals surface area contributed by atoms with Crippen molar-refractivity contribution in [1.82, 2.24) is 0 Å². The topological polar surface area (TPSA) is 61.8 Å². The molecule has 7 heteroatoms. The van der Waals surface area contributed by atoms with Crippen LogP contribution in [0.25, 0.3) is 5.03 Å². The fourth-order valence-corrected chi connectivity index (χ4v) is 4.53. The molecule has 3 rings (SSSR count). The number of halogens is 1. The van der Waals surface area contributed by atoms with E-state index in [1.165, 1.54) is 10.5 Å². The lowest BCUT2D eigenvalue weighted by atomic mass is 10.1. The summed E-state index contributed by atoms with van der Waals surface area (Å²) in [6.07, 6.45) is 1.25. The molecule has 24 heavy (non-hydrogen) atoms. The quantitative estimate of drug-likeness (QED) is 0.664. The second-order valence-corrected chi connectivity index (χ2v) is 7.31. The van der Waals surface area contributed by atoms with E-state index in [9.17, 15) is 8.42 Å². The molecule has 0 aromatic heterocycles. The van der Waals surface area contributed by atoms with Crippen LogP contribution in [0.3, 0.4) is 0 Å². The Balaban J connectivity index is 2.02. The van der Waals surface area contributed by atoms with Gasteiger partial charge in [-0.1, -0.05) is 48.0 Å². The second kappa shape index (κ2) is 6.67. The van der Waals surface area contributed by atoms with Crippen LogP contribution < -0.4 is 9.73 Å². The van der Waals surface area contributed by atoms with Gasteiger partial charge in [-0.3, -0.25) is 9.73 Å². The van der Waals surface area contributed by atoms with E-state index >= 15 is 0 Å². The summed E-state index contributed by atoms with van der Waals surface area (Å²) in [6.45, 7) is 2.09. The minimum atomic E-state index is -3.74. The Morgan fingerprint density at radius 1 is 1.12 bits per heavy atom. The van der Waals surface area contributed by atoms with Crippen molar-refractivity contribution in [1.29, 1.82) is 0 Å². The van der Waals surface area contributed by atoms with E-state index in [0.29, 0.717) is 17.8 Å². The zero-order chi connectivity index (χ0) is 17.2. The number of hydrogen-bond donors (Lipinski definition) is 1. The van der Waals surface area contributed by atoms with Crippen molar-refractivity contribution in [3.05, 3.63) is 65.1 Å². The van der Waals surface area contributed by atoms with Crippen LogP contribution in [0.1, 0.15) is 12.5 Å². The molecule has 2 aromatic carbocycles. The van der Waals surface area contributed by atoms with Gasteiger partial charge in [0.05, 0.1) is 22.6 Å². The van der Waals surface area contributed by atoms with Crippen LogP contribution in [0.2, 0.25) is 0 Å². The SMILES string of the molecule is CCN1c2ccccc2C(Cl)=C(/C=N/Nc2ccccc2)S1(=O)=O. The van der Waals surface area contributed by atoms with Gasteiger partial charge in [-0.15, -0.1) is 0 Å². The van der Waals surface area contributed by atoms with E-state index in [1.54, 1.807) is 25.1 Å². The van der Waals surface area contributed by atoms with Crippen LogP contribution in [0.15, 0.2) is 64.6 Å². The lowest BCUT2D eigenvalue weighted by Crippen LogP contribution is -2.35. The second-order valence-electron chi connectivity index (χ2n) is 5.10. The Morgan fingerprint density at radius 2 is 1.79 bits per heavy atom. The summed E-state index contributed by atoms with van der Waals surface area (Å²) in [5, 5.41) is 4.20. The van der Waals surface area contributed by atoms with Crippen molar-refractivity contribution >= 4 is 44.2 Å². The first-order valence-electron chi connectivity index (χ1n) is 7.41. The first-order chi connectivity index (χ1) is 11.6. The van der Waals surface area contributed by atoms with Gasteiger partial charge in [0.15, 0.2) is 0 Å². The van der Waals surface area contributed by atoms with Crippen LogP contribution in [0.4, 0.5) is 11.4 Å². The number of hydrazone groups is 1. The molecule has 124 valence electrons. The third kappa shape index (κ3) is 2.90. The Morgan fingerprint density at radius 3 is 2.50 bits per heavy atom. The van der Waals surface area contributed by atoms with Gasteiger partial charge < -0.3 is 0 Å². The van der Waals surface area contributed by atoms with Gasteiger partial charge in [-0.05, 0) is 25.1 Å². The molecule has 0 saturated heterocycles. The molecule has 0 atom stereocenters. The molecule has 2 aromatic rings. The maximum Gasteiger partial charge on any atom is 0.267 e. The molecule has 0 aliphatic carbocycles. The summed E-state index contributed by atoms with van der Waals surface area (Å²) in [7, 11) is -3.74. The minimum Gasteiger partial charge on any atom is -0.278 e. The Kier molecular flexibility index (Phi) is 4.59. The fourth-order valence-electron chi connectivity index (χ4n) is 2.51. The molecular weight excluding hydrogens is 346 g/mol. The molecule has 1 N–H and O–H groups in total. The monoisotopic (exact) mass is 361 g/mol. The first-order valence-corrected chi connectivity index (χ1v) is 9.23. The Labute approximate surface area is 146 Å². The van der Waals surface area contributed by atoms with Crippen molar-refractivity contribution < 1.29 is 8.42 Å². The van der Waals surface area contributed by atoms with Crippen LogP contribution in [-0.2, 0) is 10.0 Å². The lowest BCUT2D eigenvalue weighted by Gasteiger charge is -2.30. The van der Waals surface area contributed by atoms with Crippen molar-refractivity contribution in [2.24, 2.45) is 5.10 Å². The number of benzene rings is 2. The number of allylic oxidation sites excluding steroid dienone is 1. The molecule has 1 heterocycles. The normalized spacial score (nSPS) is 16.3. The molecule has 0 bridgehead atoms. The van der Waals surface area contributed by atoms with Gasteiger partial charge in [0.25, 0.3) is 10.0 Å². The third-order valence-electron chi connectivity index (χ3n) is 3.63. The lowest BCUT2D eigenvalue weighted by molar-refractivity contribution is 0.599. The molecule has 5 nitrogen and oxygen atoms in total. The van der Waals surface area contributed by atoms with Crippen LogP contribution in [-0.4, -0.2) is 21.2 Å². The predicted molar refractivity (Wildman–Crippen MR) is 99.7 cm³/mol. The highest BCUT2D eigenvalue weighted by atomic mass is 35.5. The van der Waals surface area contributed by atoms with E-state index in [4.69, 9.17) is 11.6 Å². The summed E-state index contributed by atoms with van der Waals surface area (Å²) in [6, 6.07) is 16.4. The smallest absolute Gasteiger partial charge is 0.267 e. The molecule has 1 aliphatic rings. The summed E-state index contributed by atoms with van der Waals surface area (Å²) in [5.74, 6) is 0. The molecule has 0 radical (unpaired) electrons. The minimum absolute atomic E-state index is 0.0202. The molecule has 0 spiro atoms. The predicted octanol–water partition coefficient (Wildman–Crippen LogP) is 3.86. The maximum absolute atomic E-state index is 12.8. The highest BCUT2D eigenvalue weighted by molar-refractivity contribution is 7.97. The summed E-state index contributed by atoms with van der Waals surface area (Å²) in [5.41, 5.74) is 4.82. The van der Waals surface area contributed by atoms with Crippen molar-refractivity contribution in [2.45, 2.75) is 6.92 Å². The van der Waals surface area contributed by atoms with Gasteiger partial charge in [-0.25, -0.2) is 8.42 Å². The van der Waals surface area contributed by atoms with E-state index in [1.807, 2.05) is 36.4 Å². The van der Waals surface area contributed by atoms with E-state index in [-0.39, 0.29) is 9.94 Å². The first kappa shape index (κ1) is 16.5. The summed E-state index contributed by atoms with van der Waals surface area (Å²) in [4.78, 5) is -0.0202. The van der Waals surface area contributed by atoms with E-state index in [0.717, 1.165) is 5.69 Å². The average Bonchev–Trinajstić information content (AvgIpc) is 2.59. The number of para-hydroxylation sites is 2. The van der Waals surface area contributed by atoms with Gasteiger partial charge in [0, 0.05) is 12.1 Å². The molecule has 0 amide bonds. The number of anilines is 2. The van der Waals surface area contributed by atoms with Crippen molar-refractivity contribution in [3.8, 4) is 0 Å². The van der Waals surface area contributed by atoms with Crippen molar-refractivity contribution in [3.63, 3.8) is 0 Å². The van der Waals surface area contributed by atoms with Gasteiger partial charge in [-0.2, -0.15) is 5.10 Å². The van der Waals surface area contributed by atoms with E-state index < -0.39 is 10.0 Å². The van der Waals surface area contributed by atoms with E-state index in [2.05, 4.69) is 10.5 Å². The molecule has 0 saturated carbocycles. The number of rotatable bonds is 4. The Hall–Kier alpha value is -2.31. The Bertz CT molecular complexity index is 908. The standard InChI is InChI=1S/C17H16ClN3O2S/c1-2-21-15-11-7-6-10-14(15)17(18)16(24(21,22)23)12-19-20-13-8-4-3-5-9-13/h3-12,20H,2H2,1H3/b19-12+. The van der Waals surface area contributed by atoms with Gasteiger partial charge in [0.2, 0.25) is 0 Å². The number of hydrogen-bond acceptors (Lipinski definition) is 4. The molecular formula is C17H16ClN3O2S. The average molecular weight is 362 g/mol. The highest BCUT2D eigenvalue weighted by Gasteiger charge is 2.34. The fraction of sp³-hybridized carbons (Fsp3) is 0.118. The number of fused-ring (bicyclic) bond motifs is 1. The van der Waals surface area contributed by atoms with Crippen LogP contribution >= 0.6 is 11.6 Å². The van der Waals surface area contributed by atoms with Crippen LogP contribution in [0, 0.1) is 0 Å². The third-order valence-corrected chi connectivity index (χ3v) is 6.05. The van der Waals surface area contributed by atoms with Crippen LogP contribution in [0.5, 0.6) is 0 Å². The number of nitrogens with zero attached hydrogens (tertiary/aromatic N) is 2. The van der Waals surface area contributed by atoms with Gasteiger partial charge >= 0.3 is 0 Å². The summed E-state index contributed by atoms with van der Waals surface area (Å²) >= 11 is 6.36. The molecule has 0 fully saturated rings.